The maximum Gasteiger partial charge on any atom is 0.260 e. The van der Waals surface area contributed by atoms with E-state index in [1.54, 1.807) is 6.92 Å². The summed E-state index contributed by atoms with van der Waals surface area (Å²) in [5, 5.41) is 3.67. The van der Waals surface area contributed by atoms with Gasteiger partial charge in [0.2, 0.25) is 0 Å². The molecule has 140 valence electrons. The molecule has 1 N–H and O–H groups in total. The van der Waals surface area contributed by atoms with Gasteiger partial charge in [0.15, 0.2) is 6.10 Å². The highest BCUT2D eigenvalue weighted by molar-refractivity contribution is 6.32. The highest BCUT2D eigenvalue weighted by atomic mass is 35.5. The van der Waals surface area contributed by atoms with Crippen LogP contribution in [0, 0.1) is 13.8 Å². The summed E-state index contributed by atoms with van der Waals surface area (Å²) >= 11 is 6.16. The second-order valence-electron chi connectivity index (χ2n) is 6.53. The molecule has 1 amide bonds. The number of benzene rings is 2. The first-order valence-corrected chi connectivity index (χ1v) is 9.23. The van der Waals surface area contributed by atoms with Gasteiger partial charge in [-0.3, -0.25) is 4.79 Å². The molecule has 0 unspecified atom stereocenters. The molecule has 0 aromatic heterocycles. The Morgan fingerprint density at radius 2 is 1.81 bits per heavy atom. The van der Waals surface area contributed by atoms with E-state index in [4.69, 9.17) is 16.3 Å². The summed E-state index contributed by atoms with van der Waals surface area (Å²) in [6.45, 7) is 7.09. The van der Waals surface area contributed by atoms with Crippen molar-refractivity contribution in [1.29, 1.82) is 0 Å². The van der Waals surface area contributed by atoms with Gasteiger partial charge in [0.1, 0.15) is 5.75 Å². The number of anilines is 1. The molecule has 0 aliphatic heterocycles. The Balaban J connectivity index is 1.75. The Morgan fingerprint density at radius 1 is 1.19 bits per heavy atom. The SMILES string of the molecule is Cc1cc(O[C@@H](C)C(=O)NCCCN(C)c2ccccc2)cc(C)c1Cl. The lowest BCUT2D eigenvalue weighted by Gasteiger charge is -2.20. The van der Waals surface area contributed by atoms with E-state index in [-0.39, 0.29) is 5.91 Å². The van der Waals surface area contributed by atoms with Crippen molar-refractivity contribution in [2.45, 2.75) is 33.3 Å². The van der Waals surface area contributed by atoms with Crippen molar-refractivity contribution in [2.75, 3.05) is 25.0 Å². The quantitative estimate of drug-likeness (QED) is 0.698. The lowest BCUT2D eigenvalue weighted by atomic mass is 10.1. The highest BCUT2D eigenvalue weighted by Crippen LogP contribution is 2.26. The van der Waals surface area contributed by atoms with Crippen LogP contribution >= 0.6 is 11.6 Å². The molecule has 0 aliphatic rings. The van der Waals surface area contributed by atoms with Crippen LogP contribution in [0.25, 0.3) is 0 Å². The zero-order chi connectivity index (χ0) is 19.1. The number of rotatable bonds is 8. The first-order valence-electron chi connectivity index (χ1n) is 8.85. The molecule has 2 aromatic rings. The summed E-state index contributed by atoms with van der Waals surface area (Å²) in [6.07, 6.45) is 0.310. The van der Waals surface area contributed by atoms with Crippen LogP contribution in [0.1, 0.15) is 24.5 Å². The van der Waals surface area contributed by atoms with Crippen LogP contribution in [0.5, 0.6) is 5.75 Å². The summed E-state index contributed by atoms with van der Waals surface area (Å²) in [5.41, 5.74) is 3.06. The summed E-state index contributed by atoms with van der Waals surface area (Å²) < 4.78 is 5.76. The second kappa shape index (κ2) is 9.48. The van der Waals surface area contributed by atoms with Crippen LogP contribution < -0.4 is 15.0 Å². The number of aryl methyl sites for hydroxylation is 2. The van der Waals surface area contributed by atoms with E-state index in [0.29, 0.717) is 12.3 Å². The number of hydrogen-bond donors (Lipinski definition) is 1. The second-order valence-corrected chi connectivity index (χ2v) is 6.91. The minimum absolute atomic E-state index is 0.113. The fraction of sp³-hybridized carbons (Fsp3) is 0.381. The normalized spacial score (nSPS) is 11.7. The smallest absolute Gasteiger partial charge is 0.260 e. The van der Waals surface area contributed by atoms with Crippen molar-refractivity contribution in [3.63, 3.8) is 0 Å². The zero-order valence-electron chi connectivity index (χ0n) is 15.9. The van der Waals surface area contributed by atoms with Crippen molar-refractivity contribution in [1.82, 2.24) is 5.32 Å². The number of carbonyl (C=O) groups excluding carboxylic acids is 1. The number of nitrogens with zero attached hydrogens (tertiary/aromatic N) is 1. The van der Waals surface area contributed by atoms with Crippen molar-refractivity contribution in [3.05, 3.63) is 58.6 Å². The molecular weight excluding hydrogens is 348 g/mol. The van der Waals surface area contributed by atoms with Crippen LogP contribution in [-0.4, -0.2) is 32.1 Å². The molecule has 0 saturated carbocycles. The van der Waals surface area contributed by atoms with Gasteiger partial charge in [0, 0.05) is 30.8 Å². The first-order chi connectivity index (χ1) is 12.4. The first kappa shape index (κ1) is 20.1. The van der Waals surface area contributed by atoms with Crippen molar-refractivity contribution in [2.24, 2.45) is 0 Å². The number of carbonyl (C=O) groups is 1. The molecule has 0 radical (unpaired) electrons. The van der Waals surface area contributed by atoms with Crippen LogP contribution in [0.2, 0.25) is 5.02 Å². The standard InChI is InChI=1S/C21H27ClN2O2/c1-15-13-19(14-16(2)20(15)22)26-17(3)21(25)23-11-8-12-24(4)18-9-6-5-7-10-18/h5-7,9-10,13-14,17H,8,11-12H2,1-4H3,(H,23,25)/t17-/m0/s1. The predicted molar refractivity (Wildman–Crippen MR) is 108 cm³/mol. The fourth-order valence-electron chi connectivity index (χ4n) is 2.71. The Labute approximate surface area is 161 Å². The van der Waals surface area contributed by atoms with Gasteiger partial charge >= 0.3 is 0 Å². The molecule has 2 aromatic carbocycles. The lowest BCUT2D eigenvalue weighted by molar-refractivity contribution is -0.127. The monoisotopic (exact) mass is 374 g/mol. The van der Waals surface area contributed by atoms with Gasteiger partial charge in [-0.15, -0.1) is 0 Å². The van der Waals surface area contributed by atoms with Crippen molar-refractivity contribution in [3.8, 4) is 5.75 Å². The summed E-state index contributed by atoms with van der Waals surface area (Å²) in [4.78, 5) is 14.4. The molecule has 4 nitrogen and oxygen atoms in total. The van der Waals surface area contributed by atoms with Gasteiger partial charge in [-0.25, -0.2) is 0 Å². The van der Waals surface area contributed by atoms with E-state index >= 15 is 0 Å². The molecule has 0 aliphatic carbocycles. The predicted octanol–water partition coefficient (Wildman–Crippen LogP) is 4.37. The van der Waals surface area contributed by atoms with E-state index in [9.17, 15) is 4.79 Å². The molecule has 0 saturated heterocycles. The van der Waals surface area contributed by atoms with Crippen LogP contribution in [0.4, 0.5) is 5.69 Å². The maximum atomic E-state index is 12.2. The molecule has 0 spiro atoms. The molecule has 1 atom stereocenters. The van der Waals surface area contributed by atoms with Crippen LogP contribution in [-0.2, 0) is 4.79 Å². The van der Waals surface area contributed by atoms with E-state index < -0.39 is 6.10 Å². The highest BCUT2D eigenvalue weighted by Gasteiger charge is 2.15. The molecular formula is C21H27ClN2O2. The van der Waals surface area contributed by atoms with Crippen molar-refractivity contribution < 1.29 is 9.53 Å². The van der Waals surface area contributed by atoms with Gasteiger partial charge in [-0.1, -0.05) is 29.8 Å². The third-order valence-corrected chi connectivity index (χ3v) is 4.85. The van der Waals surface area contributed by atoms with Gasteiger partial charge in [0.25, 0.3) is 5.91 Å². The number of hydrogen-bond acceptors (Lipinski definition) is 3. The Kier molecular flexibility index (Phi) is 7.34. The van der Waals surface area contributed by atoms with Crippen molar-refractivity contribution >= 4 is 23.2 Å². The Hall–Kier alpha value is -2.20. The third kappa shape index (κ3) is 5.67. The number of ether oxygens (including phenoxy) is 1. The lowest BCUT2D eigenvalue weighted by Crippen LogP contribution is -2.37. The molecule has 0 heterocycles. The zero-order valence-corrected chi connectivity index (χ0v) is 16.6. The third-order valence-electron chi connectivity index (χ3n) is 4.26. The molecule has 5 heteroatoms. The summed E-state index contributed by atoms with van der Waals surface area (Å²) in [7, 11) is 2.05. The minimum Gasteiger partial charge on any atom is -0.481 e. The average molecular weight is 375 g/mol. The number of para-hydroxylation sites is 1. The summed E-state index contributed by atoms with van der Waals surface area (Å²) in [6, 6.07) is 13.9. The van der Waals surface area contributed by atoms with E-state index in [1.165, 1.54) is 5.69 Å². The van der Waals surface area contributed by atoms with E-state index in [1.807, 2.05) is 51.2 Å². The number of amides is 1. The molecule has 26 heavy (non-hydrogen) atoms. The van der Waals surface area contributed by atoms with Crippen LogP contribution in [0.3, 0.4) is 0 Å². The van der Waals surface area contributed by atoms with Gasteiger partial charge in [-0.2, -0.15) is 0 Å². The van der Waals surface area contributed by atoms with Gasteiger partial charge < -0.3 is 15.0 Å². The number of nitrogens with one attached hydrogen (secondary N) is 1. The fourth-order valence-corrected chi connectivity index (χ4v) is 2.82. The Bertz CT molecular complexity index is 711. The summed E-state index contributed by atoms with van der Waals surface area (Å²) in [5.74, 6) is 0.550. The van der Waals surface area contributed by atoms with Gasteiger partial charge in [0.05, 0.1) is 0 Å². The molecule has 0 bridgehead atoms. The minimum atomic E-state index is -0.554. The maximum absolute atomic E-state index is 12.2. The number of halogens is 1. The molecule has 0 fully saturated rings. The largest absolute Gasteiger partial charge is 0.481 e. The average Bonchev–Trinajstić information content (AvgIpc) is 2.63. The van der Waals surface area contributed by atoms with E-state index in [0.717, 1.165) is 29.1 Å². The van der Waals surface area contributed by atoms with E-state index in [2.05, 4.69) is 22.3 Å². The van der Waals surface area contributed by atoms with Gasteiger partial charge in [-0.05, 0) is 62.6 Å². The Morgan fingerprint density at radius 3 is 2.42 bits per heavy atom. The van der Waals surface area contributed by atoms with Crippen LogP contribution in [0.15, 0.2) is 42.5 Å². The topological polar surface area (TPSA) is 41.6 Å². The molecule has 2 rings (SSSR count).